The highest BCUT2D eigenvalue weighted by Crippen LogP contribution is 2.32. The Morgan fingerprint density at radius 1 is 1.67 bits per heavy atom. The predicted octanol–water partition coefficient (Wildman–Crippen LogP) is 2.97. The molecule has 1 nitrogen and oxygen atoms in total. The zero-order valence-electron chi connectivity index (χ0n) is 6.49. The Balaban J connectivity index is 3.52. The molecule has 2 N–H and O–H groups in total. The van der Waals surface area contributed by atoms with Crippen molar-refractivity contribution in [2.75, 3.05) is 5.73 Å². The summed E-state index contributed by atoms with van der Waals surface area (Å²) in [7, 11) is 0. The highest BCUT2D eigenvalue weighted by Gasteiger charge is 2.07. The Bertz CT molecular complexity index is 366. The lowest BCUT2D eigenvalue weighted by Gasteiger charge is -2.06. The summed E-state index contributed by atoms with van der Waals surface area (Å²) < 4.78 is 0.781. The number of terminal acetylenes is 1. The second-order valence-electron chi connectivity index (χ2n) is 2.40. The van der Waals surface area contributed by atoms with Gasteiger partial charge in [0.25, 0.3) is 0 Å². The molecule has 0 saturated heterocycles. The SMILES string of the molecule is C#Cc1cc(Br)c(Cl)c(C)c1N. The fraction of sp³-hybridized carbons (Fsp3) is 0.111. The van der Waals surface area contributed by atoms with Gasteiger partial charge in [0.15, 0.2) is 0 Å². The number of nitrogen functional groups attached to an aromatic ring is 1. The summed E-state index contributed by atoms with van der Waals surface area (Å²) >= 11 is 9.21. The van der Waals surface area contributed by atoms with Crippen molar-refractivity contribution >= 4 is 33.2 Å². The van der Waals surface area contributed by atoms with Crippen LogP contribution >= 0.6 is 27.5 Å². The highest BCUT2D eigenvalue weighted by atomic mass is 79.9. The lowest BCUT2D eigenvalue weighted by Crippen LogP contribution is -1.95. The molecule has 0 aliphatic heterocycles. The first-order valence-corrected chi connectivity index (χ1v) is 4.45. The fourth-order valence-electron chi connectivity index (χ4n) is 0.887. The van der Waals surface area contributed by atoms with Crippen molar-refractivity contribution in [1.82, 2.24) is 0 Å². The van der Waals surface area contributed by atoms with Gasteiger partial charge in [-0.05, 0) is 34.5 Å². The van der Waals surface area contributed by atoms with Crippen molar-refractivity contribution in [2.24, 2.45) is 0 Å². The predicted molar refractivity (Wildman–Crippen MR) is 56.2 cm³/mol. The Morgan fingerprint density at radius 2 is 2.25 bits per heavy atom. The smallest absolute Gasteiger partial charge is 0.0598 e. The molecule has 1 aromatic carbocycles. The molecule has 0 aromatic heterocycles. The van der Waals surface area contributed by atoms with E-state index in [0.29, 0.717) is 16.3 Å². The first-order chi connectivity index (χ1) is 5.57. The summed E-state index contributed by atoms with van der Waals surface area (Å²) in [5, 5.41) is 0.617. The first-order valence-electron chi connectivity index (χ1n) is 3.28. The minimum atomic E-state index is 0.575. The second kappa shape index (κ2) is 3.38. The maximum absolute atomic E-state index is 5.92. The molecule has 1 aromatic rings. The Hall–Kier alpha value is -0.650. The van der Waals surface area contributed by atoms with Crippen LogP contribution in [0.5, 0.6) is 0 Å². The van der Waals surface area contributed by atoms with Gasteiger partial charge in [-0.2, -0.15) is 0 Å². The van der Waals surface area contributed by atoms with E-state index in [1.165, 1.54) is 0 Å². The van der Waals surface area contributed by atoms with Crippen molar-refractivity contribution in [2.45, 2.75) is 6.92 Å². The van der Waals surface area contributed by atoms with Crippen LogP contribution in [0.15, 0.2) is 10.5 Å². The summed E-state index contributed by atoms with van der Waals surface area (Å²) in [6.45, 7) is 1.84. The molecule has 0 unspecified atom stereocenters. The van der Waals surface area contributed by atoms with E-state index in [1.807, 2.05) is 6.92 Å². The number of hydrogen-bond donors (Lipinski definition) is 1. The maximum atomic E-state index is 5.92. The molecule has 0 aliphatic carbocycles. The molecule has 0 aliphatic rings. The van der Waals surface area contributed by atoms with E-state index in [1.54, 1.807) is 6.07 Å². The first kappa shape index (κ1) is 9.44. The lowest BCUT2D eigenvalue weighted by atomic mass is 10.1. The van der Waals surface area contributed by atoms with Crippen LogP contribution in [0.4, 0.5) is 5.69 Å². The van der Waals surface area contributed by atoms with Crippen LogP contribution in [0.2, 0.25) is 5.02 Å². The van der Waals surface area contributed by atoms with E-state index in [-0.39, 0.29) is 0 Å². The molecule has 62 valence electrons. The summed E-state index contributed by atoms with van der Waals surface area (Å²) in [5.74, 6) is 2.49. The molecule has 12 heavy (non-hydrogen) atoms. The van der Waals surface area contributed by atoms with Crippen LogP contribution in [-0.4, -0.2) is 0 Å². The van der Waals surface area contributed by atoms with Crippen LogP contribution in [0, 0.1) is 19.3 Å². The van der Waals surface area contributed by atoms with Crippen molar-refractivity contribution in [1.29, 1.82) is 0 Å². The Labute approximate surface area is 85.0 Å². The Kier molecular flexibility index (Phi) is 2.66. The van der Waals surface area contributed by atoms with E-state index in [9.17, 15) is 0 Å². The van der Waals surface area contributed by atoms with Gasteiger partial charge in [-0.25, -0.2) is 0 Å². The molecular weight excluding hydrogens is 237 g/mol. The lowest BCUT2D eigenvalue weighted by molar-refractivity contribution is 1.43. The number of rotatable bonds is 0. The van der Waals surface area contributed by atoms with Gasteiger partial charge >= 0.3 is 0 Å². The van der Waals surface area contributed by atoms with Crippen LogP contribution < -0.4 is 5.73 Å². The molecule has 0 fully saturated rings. The molecule has 0 heterocycles. The van der Waals surface area contributed by atoms with Gasteiger partial charge in [0.05, 0.1) is 10.7 Å². The third kappa shape index (κ3) is 1.43. The second-order valence-corrected chi connectivity index (χ2v) is 3.64. The normalized spacial score (nSPS) is 9.50. The monoisotopic (exact) mass is 243 g/mol. The third-order valence-electron chi connectivity index (χ3n) is 1.66. The van der Waals surface area contributed by atoms with E-state index >= 15 is 0 Å². The van der Waals surface area contributed by atoms with Gasteiger partial charge in [0.2, 0.25) is 0 Å². The highest BCUT2D eigenvalue weighted by molar-refractivity contribution is 9.10. The topological polar surface area (TPSA) is 26.0 Å². The molecule has 0 spiro atoms. The molecule has 0 amide bonds. The van der Waals surface area contributed by atoms with Crippen molar-refractivity contribution in [3.8, 4) is 12.3 Å². The molecule has 1 rings (SSSR count). The molecule has 3 heteroatoms. The van der Waals surface area contributed by atoms with Crippen LogP contribution in [0.25, 0.3) is 0 Å². The average Bonchev–Trinajstić information content (AvgIpc) is 2.08. The quantitative estimate of drug-likeness (QED) is 0.551. The number of benzene rings is 1. The zero-order valence-corrected chi connectivity index (χ0v) is 8.83. The van der Waals surface area contributed by atoms with E-state index in [2.05, 4.69) is 21.9 Å². The van der Waals surface area contributed by atoms with Crippen LogP contribution in [0.1, 0.15) is 11.1 Å². The standard InChI is InChI=1S/C9H7BrClN/c1-3-6-4-7(10)8(11)5(2)9(6)12/h1,4H,12H2,2H3. The van der Waals surface area contributed by atoms with Gasteiger partial charge in [-0.3, -0.25) is 0 Å². The number of hydrogen-bond acceptors (Lipinski definition) is 1. The maximum Gasteiger partial charge on any atom is 0.0598 e. The van der Waals surface area contributed by atoms with E-state index < -0.39 is 0 Å². The zero-order chi connectivity index (χ0) is 9.30. The summed E-state index contributed by atoms with van der Waals surface area (Å²) in [5.41, 5.74) is 7.78. The largest absolute Gasteiger partial charge is 0.397 e. The number of nitrogens with two attached hydrogens (primary N) is 1. The Morgan fingerprint density at radius 3 is 2.75 bits per heavy atom. The van der Waals surface area contributed by atoms with E-state index in [0.717, 1.165) is 10.0 Å². The van der Waals surface area contributed by atoms with Crippen LogP contribution in [-0.2, 0) is 0 Å². The van der Waals surface area contributed by atoms with Gasteiger partial charge < -0.3 is 5.73 Å². The molecule has 0 radical (unpaired) electrons. The summed E-state index contributed by atoms with van der Waals surface area (Å²) in [4.78, 5) is 0. The van der Waals surface area contributed by atoms with Crippen molar-refractivity contribution in [3.05, 3.63) is 26.7 Å². The fourth-order valence-corrected chi connectivity index (χ4v) is 1.57. The van der Waals surface area contributed by atoms with Gasteiger partial charge in [-0.15, -0.1) is 6.42 Å². The summed E-state index contributed by atoms with van der Waals surface area (Å²) in [6, 6.07) is 1.74. The van der Waals surface area contributed by atoms with Gasteiger partial charge in [0.1, 0.15) is 0 Å². The minimum Gasteiger partial charge on any atom is -0.397 e. The van der Waals surface area contributed by atoms with Gasteiger partial charge in [0, 0.05) is 10.0 Å². The average molecular weight is 245 g/mol. The van der Waals surface area contributed by atoms with Crippen LogP contribution in [0.3, 0.4) is 0 Å². The van der Waals surface area contributed by atoms with Gasteiger partial charge in [-0.1, -0.05) is 17.5 Å². The molecular formula is C9H7BrClN. The van der Waals surface area contributed by atoms with Crippen molar-refractivity contribution in [3.63, 3.8) is 0 Å². The summed E-state index contributed by atoms with van der Waals surface area (Å²) in [6.07, 6.45) is 5.24. The molecule has 0 bridgehead atoms. The van der Waals surface area contributed by atoms with Crippen molar-refractivity contribution < 1.29 is 0 Å². The molecule has 0 atom stereocenters. The number of anilines is 1. The molecule has 0 saturated carbocycles. The minimum absolute atomic E-state index is 0.575. The van der Waals surface area contributed by atoms with E-state index in [4.69, 9.17) is 23.8 Å². The third-order valence-corrected chi connectivity index (χ3v) is 3.00. The number of halogens is 2.